The Morgan fingerprint density at radius 1 is 0.389 bits per heavy atom. The molecule has 2 aliphatic rings. The number of rotatable bonds is 5. The van der Waals surface area contributed by atoms with Crippen LogP contribution in [0.3, 0.4) is 0 Å². The predicted octanol–water partition coefficient (Wildman–Crippen LogP) is 12.5. The van der Waals surface area contributed by atoms with Gasteiger partial charge in [-0.05, 0) is 59.7 Å². The van der Waals surface area contributed by atoms with E-state index >= 15 is 0 Å². The maximum atomic E-state index is 6.79. The van der Waals surface area contributed by atoms with Crippen LogP contribution in [0, 0.1) is 0 Å². The van der Waals surface area contributed by atoms with E-state index in [1.54, 1.807) is 0 Å². The first-order valence-electron chi connectivity index (χ1n) is 18.1. The average Bonchev–Trinajstić information content (AvgIpc) is 3.23. The van der Waals surface area contributed by atoms with E-state index in [1.807, 2.05) is 84.9 Å². The van der Waals surface area contributed by atoms with E-state index in [1.165, 1.54) is 0 Å². The van der Waals surface area contributed by atoms with Crippen LogP contribution in [0.2, 0.25) is 0 Å². The monoisotopic (exact) mass is 698 g/mol. The Hall–Kier alpha value is -7.05. The molecule has 0 spiro atoms. The molecule has 54 heavy (non-hydrogen) atoms. The second-order valence-corrected chi connectivity index (χ2v) is 14.1. The number of hydrogen-bond donors (Lipinski definition) is 0. The quantitative estimate of drug-likeness (QED) is 0.178. The van der Waals surface area contributed by atoms with Gasteiger partial charge in [0, 0.05) is 38.9 Å². The molecule has 3 heterocycles. The molecule has 2 aliphatic heterocycles. The first-order valence-corrected chi connectivity index (χ1v) is 18.1. The second kappa shape index (κ2) is 12.6. The summed E-state index contributed by atoms with van der Waals surface area (Å²) in [5, 5.41) is 0. The fraction of sp³-hybridized carbons (Fsp3) is 0.0625. The van der Waals surface area contributed by atoms with Gasteiger partial charge in [-0.15, -0.1) is 0 Å². The van der Waals surface area contributed by atoms with Gasteiger partial charge in [0.05, 0.1) is 11.4 Å². The molecule has 0 N–H and O–H groups in total. The van der Waals surface area contributed by atoms with Crippen molar-refractivity contribution < 1.29 is 9.47 Å². The minimum absolute atomic E-state index is 0.303. The Morgan fingerprint density at radius 3 is 1.46 bits per heavy atom. The molecule has 258 valence electrons. The average molecular weight is 699 g/mol. The molecule has 0 aliphatic carbocycles. The second-order valence-electron chi connectivity index (χ2n) is 14.1. The summed E-state index contributed by atoms with van der Waals surface area (Å²) in [5.74, 6) is 5.06. The molecule has 7 aromatic carbocycles. The lowest BCUT2D eigenvalue weighted by Gasteiger charge is -2.35. The van der Waals surface area contributed by atoms with Crippen LogP contribution in [0.1, 0.15) is 25.0 Å². The number of benzene rings is 7. The van der Waals surface area contributed by atoms with Crippen LogP contribution in [-0.2, 0) is 5.41 Å². The highest BCUT2D eigenvalue weighted by molar-refractivity contribution is 5.88. The third kappa shape index (κ3) is 5.39. The van der Waals surface area contributed by atoms with Crippen molar-refractivity contribution in [1.82, 2.24) is 15.0 Å². The maximum absolute atomic E-state index is 6.79. The summed E-state index contributed by atoms with van der Waals surface area (Å²) in [6.45, 7) is 4.50. The van der Waals surface area contributed by atoms with Crippen molar-refractivity contribution >= 4 is 17.1 Å². The molecular weight excluding hydrogens is 665 g/mol. The summed E-state index contributed by atoms with van der Waals surface area (Å²) in [6, 6.07) is 57.9. The number of aromatic nitrogens is 3. The SMILES string of the molecule is CC1(C)c2ccc(-c3ccc4c(c3)Oc3ccccc3N4c3ccccc3)cc2Oc2cc(-c3nc(-c4ccccc4)nc(-c4ccccc4)n3)ccc21. The van der Waals surface area contributed by atoms with E-state index < -0.39 is 0 Å². The van der Waals surface area contributed by atoms with E-state index in [2.05, 4.69) is 104 Å². The Kier molecular flexibility index (Phi) is 7.37. The Labute approximate surface area is 314 Å². The zero-order valence-corrected chi connectivity index (χ0v) is 29.8. The number of hydrogen-bond acceptors (Lipinski definition) is 6. The molecule has 0 saturated carbocycles. The number of para-hydroxylation sites is 3. The summed E-state index contributed by atoms with van der Waals surface area (Å²) in [5.41, 5.74) is 9.81. The lowest BCUT2D eigenvalue weighted by Crippen LogP contribution is -2.24. The van der Waals surface area contributed by atoms with Crippen molar-refractivity contribution in [2.24, 2.45) is 0 Å². The normalized spacial score (nSPS) is 13.4. The van der Waals surface area contributed by atoms with E-state index in [0.29, 0.717) is 17.5 Å². The molecule has 0 atom stereocenters. The summed E-state index contributed by atoms with van der Waals surface area (Å²) in [7, 11) is 0. The fourth-order valence-corrected chi connectivity index (χ4v) is 7.56. The highest BCUT2D eigenvalue weighted by Gasteiger charge is 2.35. The van der Waals surface area contributed by atoms with Gasteiger partial charge in [0.2, 0.25) is 0 Å². The largest absolute Gasteiger partial charge is 0.457 e. The predicted molar refractivity (Wildman–Crippen MR) is 215 cm³/mol. The first kappa shape index (κ1) is 31.7. The molecule has 6 heteroatoms. The van der Waals surface area contributed by atoms with Crippen molar-refractivity contribution in [3.05, 3.63) is 181 Å². The molecule has 1 aromatic heterocycles. The highest BCUT2D eigenvalue weighted by atomic mass is 16.5. The first-order chi connectivity index (χ1) is 26.5. The van der Waals surface area contributed by atoms with E-state index in [4.69, 9.17) is 24.4 Å². The smallest absolute Gasteiger partial charge is 0.164 e. The third-order valence-corrected chi connectivity index (χ3v) is 10.4. The number of anilines is 3. The van der Waals surface area contributed by atoms with Crippen LogP contribution in [0.15, 0.2) is 170 Å². The summed E-state index contributed by atoms with van der Waals surface area (Å²) < 4.78 is 13.3. The molecule has 0 amide bonds. The van der Waals surface area contributed by atoms with Gasteiger partial charge in [-0.1, -0.05) is 135 Å². The third-order valence-electron chi connectivity index (χ3n) is 10.4. The Morgan fingerprint density at radius 2 is 0.833 bits per heavy atom. The van der Waals surface area contributed by atoms with E-state index in [-0.39, 0.29) is 5.41 Å². The standard InChI is InChI=1S/C48H34N4O2/c1-48(2)37-25-22-33(34-24-27-40-44(29-34)53-41-21-13-12-20-39(41)52(40)36-18-10-5-11-19-36)28-42(37)54-43-30-35(23-26-38(43)48)47-50-45(31-14-6-3-7-15-31)49-46(51-47)32-16-8-4-9-17-32/h3-30H,1-2H3. The van der Waals surface area contributed by atoms with E-state index in [9.17, 15) is 0 Å². The molecule has 0 saturated heterocycles. The Bertz CT molecular complexity index is 2640. The lowest BCUT2D eigenvalue weighted by molar-refractivity contribution is 0.418. The highest BCUT2D eigenvalue weighted by Crippen LogP contribution is 2.53. The fourth-order valence-electron chi connectivity index (χ4n) is 7.56. The minimum Gasteiger partial charge on any atom is -0.457 e. The van der Waals surface area contributed by atoms with Gasteiger partial charge in [-0.2, -0.15) is 0 Å². The molecule has 10 rings (SSSR count). The molecule has 0 bridgehead atoms. The minimum atomic E-state index is -0.303. The maximum Gasteiger partial charge on any atom is 0.164 e. The molecular formula is C48H34N4O2. The lowest BCUT2D eigenvalue weighted by atomic mass is 9.75. The molecule has 0 radical (unpaired) electrons. The topological polar surface area (TPSA) is 60.4 Å². The van der Waals surface area contributed by atoms with Crippen LogP contribution in [0.5, 0.6) is 23.0 Å². The van der Waals surface area contributed by atoms with Gasteiger partial charge in [-0.3, -0.25) is 0 Å². The number of fused-ring (bicyclic) bond motifs is 4. The van der Waals surface area contributed by atoms with Gasteiger partial charge in [-0.25, -0.2) is 15.0 Å². The number of nitrogens with zero attached hydrogens (tertiary/aromatic N) is 4. The van der Waals surface area contributed by atoms with Crippen molar-refractivity contribution in [2.45, 2.75) is 19.3 Å². The van der Waals surface area contributed by atoms with Crippen LogP contribution >= 0.6 is 0 Å². The van der Waals surface area contributed by atoms with Crippen molar-refractivity contribution in [1.29, 1.82) is 0 Å². The van der Waals surface area contributed by atoms with Crippen molar-refractivity contribution in [2.75, 3.05) is 4.90 Å². The molecule has 8 aromatic rings. The van der Waals surface area contributed by atoms with Gasteiger partial charge < -0.3 is 14.4 Å². The van der Waals surface area contributed by atoms with Crippen LogP contribution in [0.4, 0.5) is 17.1 Å². The van der Waals surface area contributed by atoms with Crippen LogP contribution in [0.25, 0.3) is 45.3 Å². The molecule has 0 fully saturated rings. The zero-order valence-electron chi connectivity index (χ0n) is 29.8. The summed E-state index contributed by atoms with van der Waals surface area (Å²) >= 11 is 0. The van der Waals surface area contributed by atoms with Gasteiger partial charge >= 0.3 is 0 Å². The zero-order chi connectivity index (χ0) is 36.2. The van der Waals surface area contributed by atoms with Gasteiger partial charge in [0.25, 0.3) is 0 Å². The van der Waals surface area contributed by atoms with Gasteiger partial charge in [0.15, 0.2) is 29.0 Å². The summed E-state index contributed by atoms with van der Waals surface area (Å²) in [6.07, 6.45) is 0. The molecule has 6 nitrogen and oxygen atoms in total. The van der Waals surface area contributed by atoms with Crippen LogP contribution in [-0.4, -0.2) is 15.0 Å². The van der Waals surface area contributed by atoms with Crippen LogP contribution < -0.4 is 14.4 Å². The summed E-state index contributed by atoms with van der Waals surface area (Å²) in [4.78, 5) is 17.1. The van der Waals surface area contributed by atoms with Gasteiger partial charge in [0.1, 0.15) is 11.5 Å². The van der Waals surface area contributed by atoms with Crippen molar-refractivity contribution in [3.63, 3.8) is 0 Å². The van der Waals surface area contributed by atoms with Crippen molar-refractivity contribution in [3.8, 4) is 68.3 Å². The number of ether oxygens (including phenoxy) is 2. The van der Waals surface area contributed by atoms with E-state index in [0.717, 1.165) is 79.0 Å². The Balaban J connectivity index is 1.02. The molecule has 0 unspecified atom stereocenters.